The molecule has 4 rings (SSSR count). The maximum atomic E-state index is 12.9. The van der Waals surface area contributed by atoms with E-state index in [9.17, 15) is 18.0 Å². The van der Waals surface area contributed by atoms with Gasteiger partial charge in [-0.1, -0.05) is 48.3 Å². The second-order valence-corrected chi connectivity index (χ2v) is 9.62. The molecule has 1 aliphatic heterocycles. The number of nitrogens with zero attached hydrogens (tertiary/aromatic N) is 2. The first-order valence-corrected chi connectivity index (χ1v) is 12.5. The molecule has 2 aromatic carbocycles. The van der Waals surface area contributed by atoms with E-state index in [2.05, 4.69) is 17.4 Å². The number of aromatic nitrogens is 1. The number of hydrogen-bond donors (Lipinski definition) is 1. The van der Waals surface area contributed by atoms with Crippen molar-refractivity contribution in [3.63, 3.8) is 0 Å². The zero-order chi connectivity index (χ0) is 25.7. The van der Waals surface area contributed by atoms with Crippen LogP contribution < -0.4 is 10.1 Å². The molecule has 0 bridgehead atoms. The molecule has 11 heteroatoms. The van der Waals surface area contributed by atoms with E-state index in [4.69, 9.17) is 26.2 Å². The summed E-state index contributed by atoms with van der Waals surface area (Å²) in [5, 5.41) is 7.79. The number of carbonyl (C=O) groups excluding carboxylic acids is 1. The summed E-state index contributed by atoms with van der Waals surface area (Å²) in [5.74, 6) is 1.07. The highest BCUT2D eigenvalue weighted by molar-refractivity contribution is 7.15. The van der Waals surface area contributed by atoms with E-state index < -0.39 is 18.0 Å². The second-order valence-electron chi connectivity index (χ2n) is 8.13. The normalized spacial score (nSPS) is 15.2. The van der Waals surface area contributed by atoms with E-state index in [1.54, 1.807) is 12.1 Å². The standard InChI is InChI=1S/C25H23ClF3N3O3S/c1-2-3-4-20-21(36-24(30-20)15-5-8-17(9-6-15)25(27,28)29)14-34-18-10-7-16(19(26)12-18)11-22-31-23(13-33)35-32-22/h5-10,12-13,23H,2-4,11,14H2,1H3,(H,31,32). The van der Waals surface area contributed by atoms with Gasteiger partial charge in [-0.25, -0.2) is 4.98 Å². The van der Waals surface area contributed by atoms with E-state index in [0.29, 0.717) is 39.9 Å². The Balaban J connectivity index is 1.46. The van der Waals surface area contributed by atoms with Crippen LogP contribution in [0.1, 0.15) is 41.5 Å². The van der Waals surface area contributed by atoms with Crippen LogP contribution >= 0.6 is 22.9 Å². The Morgan fingerprint density at radius 1 is 1.22 bits per heavy atom. The topological polar surface area (TPSA) is 72.8 Å². The predicted molar refractivity (Wildman–Crippen MR) is 132 cm³/mol. The average molecular weight is 538 g/mol. The molecule has 36 heavy (non-hydrogen) atoms. The zero-order valence-corrected chi connectivity index (χ0v) is 20.8. The summed E-state index contributed by atoms with van der Waals surface area (Å²) in [6.07, 6.45) is -1.49. The van der Waals surface area contributed by atoms with Crippen molar-refractivity contribution in [2.75, 3.05) is 0 Å². The molecule has 1 N–H and O–H groups in total. The van der Waals surface area contributed by atoms with Gasteiger partial charge < -0.3 is 14.9 Å². The van der Waals surface area contributed by atoms with Gasteiger partial charge in [-0.05, 0) is 42.7 Å². The second kappa shape index (κ2) is 11.3. The van der Waals surface area contributed by atoms with Crippen molar-refractivity contribution < 1.29 is 27.5 Å². The summed E-state index contributed by atoms with van der Waals surface area (Å²) in [6.45, 7) is 2.34. The number of aryl methyl sites for hydroxylation is 1. The van der Waals surface area contributed by atoms with Gasteiger partial charge in [-0.3, -0.25) is 4.79 Å². The number of rotatable bonds is 10. The maximum Gasteiger partial charge on any atom is 0.416 e. The highest BCUT2D eigenvalue weighted by Gasteiger charge is 2.30. The SMILES string of the molecule is CCCCc1nc(-c2ccc(C(F)(F)F)cc2)sc1COc1ccc(CC2=NOC(C=O)N2)c(Cl)c1. The minimum Gasteiger partial charge on any atom is -0.488 e. The third-order valence-electron chi connectivity index (χ3n) is 5.47. The number of nitrogens with one attached hydrogen (secondary N) is 1. The first-order valence-electron chi connectivity index (χ1n) is 11.3. The summed E-state index contributed by atoms with van der Waals surface area (Å²) < 4.78 is 44.7. The molecule has 0 saturated carbocycles. The molecule has 0 fully saturated rings. The van der Waals surface area contributed by atoms with Crippen LogP contribution in [0.2, 0.25) is 5.02 Å². The first-order chi connectivity index (χ1) is 17.3. The minimum atomic E-state index is -4.38. The lowest BCUT2D eigenvalue weighted by Crippen LogP contribution is -2.31. The lowest BCUT2D eigenvalue weighted by Gasteiger charge is -2.09. The molecule has 0 spiro atoms. The van der Waals surface area contributed by atoms with Crippen LogP contribution in [-0.2, 0) is 35.3 Å². The fourth-order valence-corrected chi connectivity index (χ4v) is 4.79. The largest absolute Gasteiger partial charge is 0.488 e. The van der Waals surface area contributed by atoms with Gasteiger partial charge in [0.25, 0.3) is 6.23 Å². The molecular weight excluding hydrogens is 515 g/mol. The van der Waals surface area contributed by atoms with Crippen LogP contribution in [-0.4, -0.2) is 23.3 Å². The zero-order valence-electron chi connectivity index (χ0n) is 19.3. The summed E-state index contributed by atoms with van der Waals surface area (Å²) in [7, 11) is 0. The highest BCUT2D eigenvalue weighted by atomic mass is 35.5. The smallest absolute Gasteiger partial charge is 0.416 e. The van der Waals surface area contributed by atoms with Gasteiger partial charge >= 0.3 is 6.18 Å². The molecule has 3 aromatic rings. The van der Waals surface area contributed by atoms with E-state index >= 15 is 0 Å². The van der Waals surface area contributed by atoms with Crippen LogP contribution in [0.3, 0.4) is 0 Å². The van der Waals surface area contributed by atoms with Crippen molar-refractivity contribution in [3.8, 4) is 16.3 Å². The summed E-state index contributed by atoms with van der Waals surface area (Å²) >= 11 is 7.84. The van der Waals surface area contributed by atoms with Crippen LogP contribution in [0.4, 0.5) is 13.2 Å². The predicted octanol–water partition coefficient (Wildman–Crippen LogP) is 6.40. The number of oxime groups is 1. The first kappa shape index (κ1) is 26.0. The number of hydrogen-bond acceptors (Lipinski definition) is 7. The van der Waals surface area contributed by atoms with Gasteiger partial charge in [0.2, 0.25) is 0 Å². The molecular formula is C25H23ClF3N3O3S. The van der Waals surface area contributed by atoms with Crippen LogP contribution in [0.15, 0.2) is 47.6 Å². The molecule has 6 nitrogen and oxygen atoms in total. The average Bonchev–Trinajstić information content (AvgIpc) is 3.49. The quantitative estimate of drug-likeness (QED) is 0.303. The Bertz CT molecular complexity index is 1250. The van der Waals surface area contributed by atoms with Crippen LogP contribution in [0.5, 0.6) is 5.75 Å². The number of ether oxygens (including phenoxy) is 1. The number of benzene rings is 2. The molecule has 0 radical (unpaired) electrons. The number of thiazole rings is 1. The molecule has 1 aliphatic rings. The Kier molecular flexibility index (Phi) is 8.15. The lowest BCUT2D eigenvalue weighted by atomic mass is 10.1. The molecule has 2 heterocycles. The summed E-state index contributed by atoms with van der Waals surface area (Å²) in [6, 6.07) is 10.3. The number of aldehydes is 1. The summed E-state index contributed by atoms with van der Waals surface area (Å²) in [4.78, 5) is 21.3. The van der Waals surface area contributed by atoms with Crippen molar-refractivity contribution in [1.82, 2.24) is 10.3 Å². The van der Waals surface area contributed by atoms with Crippen LogP contribution in [0.25, 0.3) is 10.6 Å². The van der Waals surface area contributed by atoms with Crippen molar-refractivity contribution in [2.24, 2.45) is 5.16 Å². The van der Waals surface area contributed by atoms with Gasteiger partial charge in [-0.15, -0.1) is 11.3 Å². The minimum absolute atomic E-state index is 0.260. The van der Waals surface area contributed by atoms with Crippen molar-refractivity contribution in [3.05, 3.63) is 69.2 Å². The Morgan fingerprint density at radius 2 is 2.00 bits per heavy atom. The number of alkyl halides is 3. The van der Waals surface area contributed by atoms with Crippen molar-refractivity contribution in [1.29, 1.82) is 0 Å². The molecule has 1 atom stereocenters. The number of amidine groups is 1. The van der Waals surface area contributed by atoms with Gasteiger partial charge in [0.1, 0.15) is 23.2 Å². The highest BCUT2D eigenvalue weighted by Crippen LogP contribution is 2.34. The molecule has 1 aromatic heterocycles. The molecule has 190 valence electrons. The van der Waals surface area contributed by atoms with Gasteiger partial charge in [0.15, 0.2) is 6.29 Å². The van der Waals surface area contributed by atoms with Gasteiger partial charge in [0.05, 0.1) is 16.1 Å². The lowest BCUT2D eigenvalue weighted by molar-refractivity contribution is -0.137. The van der Waals surface area contributed by atoms with E-state index in [1.807, 2.05) is 6.07 Å². The van der Waals surface area contributed by atoms with E-state index in [0.717, 1.165) is 47.5 Å². The van der Waals surface area contributed by atoms with Gasteiger partial charge in [0, 0.05) is 17.0 Å². The number of halogens is 4. The summed E-state index contributed by atoms with van der Waals surface area (Å²) in [5.41, 5.74) is 1.62. The molecule has 0 aliphatic carbocycles. The molecule has 0 saturated heterocycles. The monoisotopic (exact) mass is 537 g/mol. The van der Waals surface area contributed by atoms with E-state index in [1.165, 1.54) is 23.5 Å². The van der Waals surface area contributed by atoms with E-state index in [-0.39, 0.29) is 6.61 Å². The number of unbranched alkanes of at least 4 members (excludes halogenated alkanes) is 1. The Morgan fingerprint density at radius 3 is 2.64 bits per heavy atom. The number of carbonyl (C=O) groups is 1. The maximum absolute atomic E-state index is 12.9. The Labute approximate surface area is 215 Å². The third-order valence-corrected chi connectivity index (χ3v) is 6.94. The van der Waals surface area contributed by atoms with Crippen molar-refractivity contribution >= 4 is 35.1 Å². The van der Waals surface area contributed by atoms with Crippen molar-refractivity contribution in [2.45, 2.75) is 51.6 Å². The molecule has 1 unspecified atom stereocenters. The fraction of sp³-hybridized carbons (Fsp3) is 0.320. The van der Waals surface area contributed by atoms with Crippen LogP contribution in [0, 0.1) is 0 Å². The molecule has 0 amide bonds. The Hall–Kier alpha value is -3.11. The third kappa shape index (κ3) is 6.36. The van der Waals surface area contributed by atoms with Gasteiger partial charge in [-0.2, -0.15) is 13.2 Å². The fourth-order valence-electron chi connectivity index (χ4n) is 3.53.